The van der Waals surface area contributed by atoms with E-state index in [0.29, 0.717) is 44.8 Å². The van der Waals surface area contributed by atoms with Crippen molar-refractivity contribution in [2.45, 2.75) is 0 Å². The number of hydrogen-bond donors (Lipinski definition) is 0. The molecule has 40 heavy (non-hydrogen) atoms. The predicted molar refractivity (Wildman–Crippen MR) is 160 cm³/mol. The second-order valence-corrected chi connectivity index (χ2v) is 10.2. The van der Waals surface area contributed by atoms with Gasteiger partial charge in [-0.2, -0.15) is 0 Å². The van der Waals surface area contributed by atoms with Gasteiger partial charge in [-0.3, -0.25) is 0 Å². The van der Waals surface area contributed by atoms with Crippen LogP contribution >= 0.6 is 22.7 Å². The zero-order valence-corrected chi connectivity index (χ0v) is 24.3. The highest BCUT2D eigenvalue weighted by atomic mass is 32.1. The summed E-state index contributed by atoms with van der Waals surface area (Å²) in [7, 11) is 9.45. The van der Waals surface area contributed by atoms with Crippen molar-refractivity contribution >= 4 is 65.8 Å². The molecule has 0 N–H and O–H groups in total. The van der Waals surface area contributed by atoms with Crippen LogP contribution in [0.5, 0.6) is 34.5 Å². The summed E-state index contributed by atoms with van der Waals surface area (Å²) in [6, 6.07) is 11.3. The Morgan fingerprint density at radius 3 is 1.18 bits per heavy atom. The largest absolute Gasteiger partial charge is 0.493 e. The number of nitrogens with zero attached hydrogens (tertiary/aromatic N) is 4. The summed E-state index contributed by atoms with van der Waals surface area (Å²) in [5, 5.41) is 1.25. The molecule has 0 aliphatic heterocycles. The third kappa shape index (κ3) is 5.36. The fourth-order valence-corrected chi connectivity index (χ4v) is 5.70. The summed E-state index contributed by atoms with van der Waals surface area (Å²) >= 11 is 2.96. The average molecular weight is 579 g/mol. The Hall–Kier alpha value is -4.42. The van der Waals surface area contributed by atoms with E-state index in [0.717, 1.165) is 31.6 Å². The number of hydrogen-bond acceptors (Lipinski definition) is 12. The minimum atomic E-state index is 0.530. The van der Waals surface area contributed by atoms with E-state index in [9.17, 15) is 0 Å². The third-order valence-electron chi connectivity index (χ3n) is 5.90. The number of ether oxygens (including phenoxy) is 6. The first kappa shape index (κ1) is 27.2. The Morgan fingerprint density at radius 1 is 0.525 bits per heavy atom. The van der Waals surface area contributed by atoms with Crippen LogP contribution in [-0.2, 0) is 0 Å². The second-order valence-electron chi connectivity index (χ2n) is 8.21. The van der Waals surface area contributed by atoms with Crippen LogP contribution in [0.25, 0.3) is 20.4 Å². The molecule has 2 heterocycles. The van der Waals surface area contributed by atoms with Crippen molar-refractivity contribution in [3.05, 3.63) is 47.5 Å². The number of aromatic nitrogens is 2. The molecule has 0 bridgehead atoms. The number of benzene rings is 3. The van der Waals surface area contributed by atoms with Crippen molar-refractivity contribution in [1.82, 2.24) is 9.97 Å². The highest BCUT2D eigenvalue weighted by molar-refractivity contribution is 7.23. The first-order valence-electron chi connectivity index (χ1n) is 11.9. The lowest BCUT2D eigenvalue weighted by Gasteiger charge is -2.12. The Morgan fingerprint density at radius 2 is 0.875 bits per heavy atom. The Labute approximate surface area is 238 Å². The normalized spacial score (nSPS) is 11.6. The van der Waals surface area contributed by atoms with E-state index in [2.05, 4.69) is 20.0 Å². The van der Waals surface area contributed by atoms with E-state index in [-0.39, 0.29) is 0 Å². The van der Waals surface area contributed by atoms with Gasteiger partial charge in [0.15, 0.2) is 23.0 Å². The molecule has 12 heteroatoms. The van der Waals surface area contributed by atoms with E-state index in [4.69, 9.17) is 28.4 Å². The van der Waals surface area contributed by atoms with Gasteiger partial charge >= 0.3 is 0 Å². The summed E-state index contributed by atoms with van der Waals surface area (Å²) in [4.78, 5) is 18.5. The molecule has 0 aliphatic carbocycles. The highest BCUT2D eigenvalue weighted by Crippen LogP contribution is 2.40. The molecule has 0 aliphatic rings. The molecule has 0 spiro atoms. The van der Waals surface area contributed by atoms with Crippen LogP contribution in [0.4, 0.5) is 10.3 Å². The van der Waals surface area contributed by atoms with E-state index in [1.165, 1.54) is 22.7 Å². The fourth-order valence-electron chi connectivity index (χ4n) is 4.05. The van der Waals surface area contributed by atoms with Crippen LogP contribution in [0.15, 0.2) is 46.4 Å². The maximum atomic E-state index is 5.43. The molecule has 0 saturated carbocycles. The molecule has 10 nitrogen and oxygen atoms in total. The monoisotopic (exact) mass is 578 g/mol. The molecule has 5 rings (SSSR count). The van der Waals surface area contributed by atoms with Gasteiger partial charge in [0.25, 0.3) is 0 Å². The topological polar surface area (TPSA) is 106 Å². The van der Waals surface area contributed by atoms with Crippen molar-refractivity contribution < 1.29 is 28.4 Å². The van der Waals surface area contributed by atoms with Crippen LogP contribution in [0.3, 0.4) is 0 Å². The van der Waals surface area contributed by atoms with Crippen LogP contribution in [0.1, 0.15) is 11.1 Å². The van der Waals surface area contributed by atoms with Gasteiger partial charge in [0.2, 0.25) is 21.8 Å². The molecule has 3 aromatic carbocycles. The molecular weight excluding hydrogens is 552 g/mol. The molecular formula is C28H26N4O6S2. The summed E-state index contributed by atoms with van der Waals surface area (Å²) in [6.45, 7) is 0. The third-order valence-corrected chi connectivity index (χ3v) is 7.75. The molecule has 0 unspecified atom stereocenters. The maximum Gasteiger partial charge on any atom is 0.210 e. The SMILES string of the molecule is COc1cc(C=Nc2nc3cc4sc(N=Cc5cc(OC)c(OC)c(OC)c5)nc4cc3s2)cc(OC)c1OC. The zero-order valence-electron chi connectivity index (χ0n) is 22.7. The summed E-state index contributed by atoms with van der Waals surface area (Å²) in [5.74, 6) is 3.29. The van der Waals surface area contributed by atoms with E-state index in [1.807, 2.05) is 36.4 Å². The predicted octanol–water partition coefficient (Wildman–Crippen LogP) is 6.46. The number of rotatable bonds is 10. The van der Waals surface area contributed by atoms with Crippen molar-refractivity contribution in [3.63, 3.8) is 0 Å². The van der Waals surface area contributed by atoms with Crippen molar-refractivity contribution in [3.8, 4) is 34.5 Å². The van der Waals surface area contributed by atoms with Gasteiger partial charge in [0.1, 0.15) is 0 Å². The fraction of sp³-hybridized carbons (Fsp3) is 0.214. The highest BCUT2D eigenvalue weighted by Gasteiger charge is 2.14. The molecule has 5 aromatic rings. The zero-order chi connectivity index (χ0) is 28.2. The van der Waals surface area contributed by atoms with Gasteiger partial charge in [0, 0.05) is 23.6 Å². The van der Waals surface area contributed by atoms with E-state index < -0.39 is 0 Å². The maximum absolute atomic E-state index is 5.43. The number of thiazole rings is 2. The average Bonchev–Trinajstić information content (AvgIpc) is 3.58. The molecule has 0 radical (unpaired) electrons. The molecule has 0 atom stereocenters. The Balaban J connectivity index is 1.40. The first-order chi connectivity index (χ1) is 19.5. The summed E-state index contributed by atoms with van der Waals surface area (Å²) in [5.41, 5.74) is 3.29. The van der Waals surface area contributed by atoms with Gasteiger partial charge in [-0.25, -0.2) is 20.0 Å². The van der Waals surface area contributed by atoms with E-state index >= 15 is 0 Å². The van der Waals surface area contributed by atoms with Crippen LogP contribution < -0.4 is 28.4 Å². The summed E-state index contributed by atoms with van der Waals surface area (Å²) in [6.07, 6.45) is 3.44. The first-order valence-corrected chi connectivity index (χ1v) is 13.5. The second kappa shape index (κ2) is 11.8. The Bertz CT molecular complexity index is 1520. The lowest BCUT2D eigenvalue weighted by atomic mass is 10.2. The molecule has 0 saturated heterocycles. The van der Waals surface area contributed by atoms with Crippen LogP contribution in [-0.4, -0.2) is 65.1 Å². The molecule has 206 valence electrons. The smallest absolute Gasteiger partial charge is 0.210 e. The van der Waals surface area contributed by atoms with Crippen molar-refractivity contribution in [2.75, 3.05) is 42.7 Å². The minimum Gasteiger partial charge on any atom is -0.493 e. The van der Waals surface area contributed by atoms with Gasteiger partial charge in [-0.15, -0.1) is 0 Å². The van der Waals surface area contributed by atoms with Gasteiger partial charge in [0.05, 0.1) is 63.1 Å². The van der Waals surface area contributed by atoms with Gasteiger partial charge in [-0.05, 0) is 36.4 Å². The molecule has 0 fully saturated rings. The lowest BCUT2D eigenvalue weighted by molar-refractivity contribution is 0.324. The van der Waals surface area contributed by atoms with Crippen LogP contribution in [0.2, 0.25) is 0 Å². The minimum absolute atomic E-state index is 0.530. The van der Waals surface area contributed by atoms with Crippen molar-refractivity contribution in [2.24, 2.45) is 9.98 Å². The van der Waals surface area contributed by atoms with Gasteiger partial charge < -0.3 is 28.4 Å². The summed E-state index contributed by atoms with van der Waals surface area (Å²) < 4.78 is 34.4. The van der Waals surface area contributed by atoms with Crippen molar-refractivity contribution in [1.29, 1.82) is 0 Å². The quantitative estimate of drug-likeness (QED) is 0.174. The molecule has 2 aromatic heterocycles. The number of aliphatic imine (C=N–C) groups is 2. The standard InChI is InChI=1S/C28H26N4O6S2/c1-33-19-7-15(8-20(34-2)25(19)37-5)13-29-27-31-17-11-24-18(12-23(17)39-27)32-28(40-24)30-14-16-9-21(35-3)26(38-6)22(10-16)36-4/h7-14H,1-6H3. The molecule has 0 amide bonds. The van der Waals surface area contributed by atoms with Crippen LogP contribution in [0, 0.1) is 0 Å². The lowest BCUT2D eigenvalue weighted by Crippen LogP contribution is -1.96. The number of methoxy groups -OCH3 is 6. The van der Waals surface area contributed by atoms with Gasteiger partial charge in [-0.1, -0.05) is 22.7 Å². The van der Waals surface area contributed by atoms with E-state index in [1.54, 1.807) is 55.1 Å². The Kier molecular flexibility index (Phi) is 7.99. The number of fused-ring (bicyclic) bond motifs is 2.